The van der Waals surface area contributed by atoms with Crippen LogP contribution in [0.5, 0.6) is 0 Å². The third kappa shape index (κ3) is 1.84. The first-order valence-electron chi connectivity index (χ1n) is 2.64. The Balaban J connectivity index is 3.35. The molecule has 4 nitrogen and oxygen atoms in total. The molecule has 58 valence electrons. The van der Waals surface area contributed by atoms with Gasteiger partial charge in [-0.25, -0.2) is 4.98 Å². The predicted molar refractivity (Wildman–Crippen MR) is 46.0 cm³/mol. The molecular formula is C5H3BrN2O2S. The number of aromatic amines is 1. The van der Waals surface area contributed by atoms with Crippen LogP contribution in [0.2, 0.25) is 0 Å². The Morgan fingerprint density at radius 2 is 2.27 bits per heavy atom. The van der Waals surface area contributed by atoms with Gasteiger partial charge in [-0.3, -0.25) is 0 Å². The Hall–Kier alpha value is -0.750. The molecule has 0 aliphatic rings. The van der Waals surface area contributed by atoms with Crippen LogP contribution in [0.1, 0.15) is 0 Å². The molecule has 0 bridgehead atoms. The zero-order valence-electron chi connectivity index (χ0n) is 5.20. The van der Waals surface area contributed by atoms with Gasteiger partial charge in [0.2, 0.25) is 0 Å². The number of rotatable bonds is 1. The molecular weight excluding hydrogens is 232 g/mol. The number of pyridine rings is 1. The van der Waals surface area contributed by atoms with E-state index in [1.54, 1.807) is 6.07 Å². The molecule has 0 amide bonds. The van der Waals surface area contributed by atoms with Gasteiger partial charge in [-0.2, -0.15) is 0 Å². The molecule has 0 radical (unpaired) electrons. The van der Waals surface area contributed by atoms with E-state index in [9.17, 15) is 10.1 Å². The summed E-state index contributed by atoms with van der Waals surface area (Å²) in [5.41, 5.74) is 0. The van der Waals surface area contributed by atoms with Crippen molar-refractivity contribution in [1.29, 1.82) is 0 Å². The highest BCUT2D eigenvalue weighted by Crippen LogP contribution is 2.20. The summed E-state index contributed by atoms with van der Waals surface area (Å²) in [6, 6.07) is 3.11. The Morgan fingerprint density at radius 1 is 1.64 bits per heavy atom. The molecule has 1 rings (SSSR count). The van der Waals surface area contributed by atoms with Gasteiger partial charge in [0.05, 0.1) is 0 Å². The van der Waals surface area contributed by atoms with Crippen LogP contribution < -0.4 is 0 Å². The van der Waals surface area contributed by atoms with Gasteiger partial charge in [-0.1, -0.05) is 0 Å². The minimum Gasteiger partial charge on any atom is -0.358 e. The molecule has 6 heteroatoms. The Labute approximate surface area is 75.5 Å². The summed E-state index contributed by atoms with van der Waals surface area (Å²) in [4.78, 5) is 12.2. The lowest BCUT2D eigenvalue weighted by atomic mass is 10.5. The molecule has 0 atom stereocenters. The van der Waals surface area contributed by atoms with Crippen molar-refractivity contribution in [1.82, 2.24) is 4.98 Å². The third-order valence-corrected chi connectivity index (χ3v) is 1.91. The molecule has 11 heavy (non-hydrogen) atoms. The Bertz CT molecular complexity index is 349. The highest BCUT2D eigenvalue weighted by Gasteiger charge is 2.07. The predicted octanol–water partition coefficient (Wildman–Crippen LogP) is 2.41. The molecule has 1 aromatic rings. The van der Waals surface area contributed by atoms with Crippen molar-refractivity contribution in [2.75, 3.05) is 0 Å². The van der Waals surface area contributed by atoms with E-state index in [1.165, 1.54) is 6.07 Å². The van der Waals surface area contributed by atoms with Crippen LogP contribution in [0.15, 0.2) is 16.6 Å². The molecule has 1 heterocycles. The van der Waals surface area contributed by atoms with Gasteiger partial charge < -0.3 is 10.1 Å². The van der Waals surface area contributed by atoms with Crippen LogP contribution in [0.4, 0.5) is 5.82 Å². The molecule has 1 N–H and O–H groups in total. The molecule has 0 aromatic carbocycles. The zero-order chi connectivity index (χ0) is 8.43. The summed E-state index contributed by atoms with van der Waals surface area (Å²) in [6.07, 6.45) is 0. The van der Waals surface area contributed by atoms with Crippen molar-refractivity contribution in [3.63, 3.8) is 0 Å². The van der Waals surface area contributed by atoms with Crippen molar-refractivity contribution in [3.8, 4) is 0 Å². The summed E-state index contributed by atoms with van der Waals surface area (Å²) in [5.74, 6) is -0.113. The van der Waals surface area contributed by atoms with Crippen molar-refractivity contribution in [2.24, 2.45) is 0 Å². The van der Waals surface area contributed by atoms with Crippen LogP contribution in [-0.2, 0) is 0 Å². The minimum atomic E-state index is -0.528. The van der Waals surface area contributed by atoms with Crippen molar-refractivity contribution in [2.45, 2.75) is 0 Å². The second-order valence-electron chi connectivity index (χ2n) is 1.78. The van der Waals surface area contributed by atoms with Gasteiger partial charge in [0.25, 0.3) is 0 Å². The van der Waals surface area contributed by atoms with Crippen molar-refractivity contribution in [3.05, 3.63) is 31.4 Å². The molecule has 0 aliphatic carbocycles. The lowest BCUT2D eigenvalue weighted by Gasteiger charge is -1.94. The fourth-order valence-electron chi connectivity index (χ4n) is 0.579. The third-order valence-electron chi connectivity index (χ3n) is 1.03. The molecule has 0 saturated carbocycles. The van der Waals surface area contributed by atoms with Gasteiger partial charge >= 0.3 is 5.82 Å². The van der Waals surface area contributed by atoms with Gasteiger partial charge in [0, 0.05) is 0 Å². The maximum atomic E-state index is 10.3. The van der Waals surface area contributed by atoms with E-state index < -0.39 is 4.92 Å². The SMILES string of the molecule is O=[N+]([O-])c1[nH]c(=S)ccc1Br. The number of H-pyrrole nitrogens is 1. The van der Waals surface area contributed by atoms with E-state index >= 15 is 0 Å². The quantitative estimate of drug-likeness (QED) is 0.462. The van der Waals surface area contributed by atoms with Crippen LogP contribution in [0.25, 0.3) is 0 Å². The second kappa shape index (κ2) is 3.10. The van der Waals surface area contributed by atoms with Crippen molar-refractivity contribution < 1.29 is 4.92 Å². The average molecular weight is 235 g/mol. The summed E-state index contributed by atoms with van der Waals surface area (Å²) < 4.78 is 0.746. The highest BCUT2D eigenvalue weighted by molar-refractivity contribution is 9.10. The van der Waals surface area contributed by atoms with Gasteiger partial charge in [0.1, 0.15) is 4.47 Å². The average Bonchev–Trinajstić information content (AvgIpc) is 1.94. The lowest BCUT2D eigenvalue weighted by molar-refractivity contribution is -0.390. The van der Waals surface area contributed by atoms with Crippen LogP contribution in [0, 0.1) is 14.8 Å². The number of halogens is 1. The molecule has 0 aliphatic heterocycles. The summed E-state index contributed by atoms with van der Waals surface area (Å²) in [6.45, 7) is 0. The number of hydrogen-bond acceptors (Lipinski definition) is 3. The van der Waals surface area contributed by atoms with E-state index in [0.717, 1.165) is 0 Å². The van der Waals surface area contributed by atoms with Gasteiger partial charge in [0.15, 0.2) is 4.64 Å². The van der Waals surface area contributed by atoms with E-state index in [-0.39, 0.29) is 5.82 Å². The van der Waals surface area contributed by atoms with Crippen LogP contribution >= 0.6 is 28.1 Å². The van der Waals surface area contributed by atoms with E-state index in [4.69, 9.17) is 12.2 Å². The number of nitrogens with one attached hydrogen (secondary N) is 1. The monoisotopic (exact) mass is 234 g/mol. The Kier molecular flexibility index (Phi) is 2.35. The molecule has 0 saturated heterocycles. The topological polar surface area (TPSA) is 58.9 Å². The number of nitro groups is 1. The fraction of sp³-hybridized carbons (Fsp3) is 0. The first-order valence-corrected chi connectivity index (χ1v) is 3.84. The van der Waals surface area contributed by atoms with E-state index in [0.29, 0.717) is 9.11 Å². The summed E-state index contributed by atoms with van der Waals surface area (Å²) in [5, 5.41) is 10.3. The minimum absolute atomic E-state index is 0.113. The first-order chi connectivity index (χ1) is 5.11. The van der Waals surface area contributed by atoms with Gasteiger partial charge in [-0.05, 0) is 45.2 Å². The smallest absolute Gasteiger partial charge is 0.336 e. The highest BCUT2D eigenvalue weighted by atomic mass is 79.9. The van der Waals surface area contributed by atoms with E-state index in [1.807, 2.05) is 0 Å². The van der Waals surface area contributed by atoms with E-state index in [2.05, 4.69) is 20.9 Å². The fourth-order valence-corrected chi connectivity index (χ4v) is 1.12. The zero-order valence-corrected chi connectivity index (χ0v) is 7.61. The van der Waals surface area contributed by atoms with Crippen molar-refractivity contribution >= 4 is 34.0 Å². The largest absolute Gasteiger partial charge is 0.358 e. The maximum absolute atomic E-state index is 10.3. The normalized spacial score (nSPS) is 9.55. The standard InChI is InChI=1S/C5H3BrN2O2S/c6-3-1-2-4(11)7-5(3)8(9)10/h1-2H,(H,7,11). The number of nitrogens with zero attached hydrogens (tertiary/aromatic N) is 1. The second-order valence-corrected chi connectivity index (χ2v) is 3.07. The number of aromatic nitrogens is 1. The van der Waals surface area contributed by atoms with Crippen LogP contribution in [-0.4, -0.2) is 9.91 Å². The molecule has 0 spiro atoms. The first kappa shape index (κ1) is 8.35. The summed E-state index contributed by atoms with van der Waals surface area (Å²) >= 11 is 7.71. The molecule has 0 fully saturated rings. The number of hydrogen-bond donors (Lipinski definition) is 1. The molecule has 0 unspecified atom stereocenters. The lowest BCUT2D eigenvalue weighted by Crippen LogP contribution is -1.92. The van der Waals surface area contributed by atoms with Crippen LogP contribution in [0.3, 0.4) is 0 Å². The molecule has 1 aromatic heterocycles. The summed E-state index contributed by atoms with van der Waals surface area (Å²) in [7, 11) is 0. The maximum Gasteiger partial charge on any atom is 0.336 e. The van der Waals surface area contributed by atoms with Gasteiger partial charge in [-0.15, -0.1) is 0 Å². The Morgan fingerprint density at radius 3 is 2.73 bits per heavy atom.